The summed E-state index contributed by atoms with van der Waals surface area (Å²) < 4.78 is 0. The molecule has 52 valence electrons. The van der Waals surface area contributed by atoms with E-state index in [-0.39, 0.29) is 7.58 Å². The lowest BCUT2D eigenvalue weighted by atomic mass is 10.3. The van der Waals surface area contributed by atoms with E-state index in [4.69, 9.17) is 5.26 Å². The van der Waals surface area contributed by atoms with Crippen LogP contribution in [0.4, 0.5) is 0 Å². The Labute approximate surface area is 54.9 Å². The van der Waals surface area contributed by atoms with E-state index in [1.165, 1.54) is 0 Å². The normalized spacial score (nSPS) is 7.67. The van der Waals surface area contributed by atoms with Gasteiger partial charge in [-0.05, 0) is 12.1 Å². The molecule has 3 heteroatoms. The molecule has 1 aromatic carbocycles. The molecule has 0 heterocycles. The van der Waals surface area contributed by atoms with Crippen molar-refractivity contribution >= 4 is 0 Å². The van der Waals surface area contributed by atoms with Gasteiger partial charge in [0.1, 0.15) is 0 Å². The standard InChI is InChI=1S/C6H6O2.H3N.H2/c7-8-6-4-2-1-3-5-6;;/h1-5,7H;1H3;1H. The molecule has 9 heavy (non-hydrogen) atoms. The van der Waals surface area contributed by atoms with Gasteiger partial charge >= 0.3 is 0 Å². The second kappa shape index (κ2) is 3.88. The van der Waals surface area contributed by atoms with E-state index >= 15 is 0 Å². The van der Waals surface area contributed by atoms with E-state index in [0.717, 1.165) is 0 Å². The Morgan fingerprint density at radius 1 is 1.22 bits per heavy atom. The predicted octanol–water partition coefficient (Wildman–Crippen LogP) is 1.95. The summed E-state index contributed by atoms with van der Waals surface area (Å²) >= 11 is 0. The maximum Gasteiger partial charge on any atom is 0.165 e. The molecule has 0 atom stereocenters. The molecule has 3 nitrogen and oxygen atoms in total. The molecule has 0 aromatic heterocycles. The minimum atomic E-state index is 0. The summed E-state index contributed by atoms with van der Waals surface area (Å²) in [6.07, 6.45) is 0. The molecule has 0 fully saturated rings. The number of benzene rings is 1. The molecule has 0 unspecified atom stereocenters. The van der Waals surface area contributed by atoms with Gasteiger partial charge in [-0.3, -0.25) is 0 Å². The summed E-state index contributed by atoms with van der Waals surface area (Å²) in [6.45, 7) is 0. The van der Waals surface area contributed by atoms with Crippen LogP contribution in [0.1, 0.15) is 1.43 Å². The summed E-state index contributed by atoms with van der Waals surface area (Å²) in [6, 6.07) is 8.75. The third-order valence-electron chi connectivity index (χ3n) is 0.849. The fourth-order valence-corrected chi connectivity index (χ4v) is 0.481. The highest BCUT2D eigenvalue weighted by Crippen LogP contribution is 2.05. The fraction of sp³-hybridized carbons (Fsp3) is 0. The molecule has 0 saturated carbocycles. The lowest BCUT2D eigenvalue weighted by Crippen LogP contribution is -1.79. The average Bonchev–Trinajstić information content (AvgIpc) is 1.90. The minimum Gasteiger partial charge on any atom is -0.344 e. The quantitative estimate of drug-likeness (QED) is 0.450. The SMILES string of the molecule is N.OOc1ccccc1.[HH]. The highest BCUT2D eigenvalue weighted by Gasteiger charge is 1.82. The van der Waals surface area contributed by atoms with E-state index in [0.29, 0.717) is 5.75 Å². The molecule has 0 spiro atoms. The van der Waals surface area contributed by atoms with Crippen LogP contribution in [0.25, 0.3) is 0 Å². The topological polar surface area (TPSA) is 64.5 Å². The van der Waals surface area contributed by atoms with Crippen molar-refractivity contribution in [2.24, 2.45) is 0 Å². The summed E-state index contributed by atoms with van der Waals surface area (Å²) in [7, 11) is 0. The molecule has 4 N–H and O–H groups in total. The molecule has 0 aliphatic carbocycles. The molecular formula is C6H11NO2. The van der Waals surface area contributed by atoms with Gasteiger partial charge in [0.15, 0.2) is 5.75 Å². The summed E-state index contributed by atoms with van der Waals surface area (Å²) in [5.74, 6) is 0.465. The molecule has 0 aliphatic rings. The first-order chi connectivity index (χ1) is 3.93. The second-order valence-corrected chi connectivity index (χ2v) is 1.40. The molecule has 1 aromatic rings. The maximum atomic E-state index is 8.04. The lowest BCUT2D eigenvalue weighted by Gasteiger charge is -1.90. The van der Waals surface area contributed by atoms with Crippen LogP contribution in [0.2, 0.25) is 0 Å². The van der Waals surface area contributed by atoms with Gasteiger partial charge in [0.05, 0.1) is 0 Å². The van der Waals surface area contributed by atoms with Gasteiger partial charge in [0.25, 0.3) is 0 Å². The van der Waals surface area contributed by atoms with Gasteiger partial charge in [-0.15, -0.1) is 0 Å². The highest BCUT2D eigenvalue weighted by atomic mass is 17.1. The Balaban J connectivity index is 0. The molecular weight excluding hydrogens is 118 g/mol. The summed E-state index contributed by atoms with van der Waals surface area (Å²) in [5, 5.41) is 8.04. The van der Waals surface area contributed by atoms with Crippen LogP contribution in [0.3, 0.4) is 0 Å². The Bertz CT molecular complexity index is 157. The van der Waals surface area contributed by atoms with Crippen molar-refractivity contribution in [1.82, 2.24) is 6.15 Å². The van der Waals surface area contributed by atoms with Crippen LogP contribution >= 0.6 is 0 Å². The number of hydrogen-bond acceptors (Lipinski definition) is 3. The zero-order chi connectivity index (χ0) is 5.82. The third-order valence-corrected chi connectivity index (χ3v) is 0.849. The van der Waals surface area contributed by atoms with Gasteiger partial charge in [-0.2, -0.15) is 0 Å². The van der Waals surface area contributed by atoms with Gasteiger partial charge in [0.2, 0.25) is 0 Å². The molecule has 0 bridgehead atoms. The van der Waals surface area contributed by atoms with Crippen LogP contribution < -0.4 is 11.0 Å². The zero-order valence-electron chi connectivity index (χ0n) is 4.95. The Morgan fingerprint density at radius 3 is 2.11 bits per heavy atom. The fourth-order valence-electron chi connectivity index (χ4n) is 0.481. The summed E-state index contributed by atoms with van der Waals surface area (Å²) in [5.41, 5.74) is 0. The Hall–Kier alpha value is -1.06. The first-order valence-electron chi connectivity index (χ1n) is 2.30. The second-order valence-electron chi connectivity index (χ2n) is 1.40. The number of hydrogen-bond donors (Lipinski definition) is 2. The van der Waals surface area contributed by atoms with E-state index < -0.39 is 0 Å². The molecule has 0 radical (unpaired) electrons. The molecule has 0 aliphatic heterocycles. The molecule has 1 rings (SSSR count). The average molecular weight is 129 g/mol. The van der Waals surface area contributed by atoms with Crippen molar-refractivity contribution in [2.45, 2.75) is 0 Å². The minimum absolute atomic E-state index is 0. The van der Waals surface area contributed by atoms with Crippen molar-refractivity contribution in [3.05, 3.63) is 30.3 Å². The number of para-hydroxylation sites is 1. The predicted molar refractivity (Wildman–Crippen MR) is 36.8 cm³/mol. The van der Waals surface area contributed by atoms with Gasteiger partial charge in [-0.1, -0.05) is 18.2 Å². The zero-order valence-corrected chi connectivity index (χ0v) is 4.95. The third kappa shape index (κ3) is 2.12. The van der Waals surface area contributed by atoms with E-state index in [1.807, 2.05) is 6.07 Å². The molecule has 0 amide bonds. The monoisotopic (exact) mass is 129 g/mol. The lowest BCUT2D eigenvalue weighted by molar-refractivity contribution is -0.137. The van der Waals surface area contributed by atoms with E-state index in [2.05, 4.69) is 4.89 Å². The largest absolute Gasteiger partial charge is 0.344 e. The smallest absolute Gasteiger partial charge is 0.165 e. The first kappa shape index (κ1) is 7.94. The van der Waals surface area contributed by atoms with Crippen LogP contribution in [0.5, 0.6) is 5.75 Å². The first-order valence-corrected chi connectivity index (χ1v) is 2.30. The Morgan fingerprint density at radius 2 is 1.78 bits per heavy atom. The highest BCUT2D eigenvalue weighted by molar-refractivity contribution is 5.19. The van der Waals surface area contributed by atoms with Crippen LogP contribution in [-0.2, 0) is 0 Å². The summed E-state index contributed by atoms with van der Waals surface area (Å²) in [4.78, 5) is 3.91. The van der Waals surface area contributed by atoms with Gasteiger partial charge in [0, 0.05) is 1.43 Å². The van der Waals surface area contributed by atoms with Crippen molar-refractivity contribution < 1.29 is 11.6 Å². The van der Waals surface area contributed by atoms with Gasteiger partial charge in [-0.25, -0.2) is 5.26 Å². The van der Waals surface area contributed by atoms with Crippen molar-refractivity contribution in [2.75, 3.05) is 0 Å². The van der Waals surface area contributed by atoms with Crippen LogP contribution in [0, 0.1) is 0 Å². The van der Waals surface area contributed by atoms with Crippen LogP contribution in [-0.4, -0.2) is 5.26 Å². The number of rotatable bonds is 1. The van der Waals surface area contributed by atoms with Crippen molar-refractivity contribution in [3.63, 3.8) is 0 Å². The van der Waals surface area contributed by atoms with E-state index in [9.17, 15) is 0 Å². The Kier molecular flexibility index (Phi) is 3.43. The van der Waals surface area contributed by atoms with E-state index in [1.54, 1.807) is 24.3 Å². The maximum absolute atomic E-state index is 8.04. The molecule has 0 saturated heterocycles. The van der Waals surface area contributed by atoms with Gasteiger partial charge < -0.3 is 11.0 Å². The van der Waals surface area contributed by atoms with Crippen LogP contribution in [0.15, 0.2) is 30.3 Å². The van der Waals surface area contributed by atoms with Crippen molar-refractivity contribution in [1.29, 1.82) is 0 Å². The van der Waals surface area contributed by atoms with Crippen molar-refractivity contribution in [3.8, 4) is 5.75 Å².